The Balaban J connectivity index is 1.20. The number of carboxylic acid groups (broad SMARTS) is 1. The van der Waals surface area contributed by atoms with Gasteiger partial charge in [0.05, 0.1) is 12.8 Å². The van der Waals surface area contributed by atoms with Gasteiger partial charge in [0.2, 0.25) is 11.8 Å². The highest BCUT2D eigenvalue weighted by molar-refractivity contribution is 5.96. The van der Waals surface area contributed by atoms with E-state index in [1.54, 1.807) is 6.21 Å². The lowest BCUT2D eigenvalue weighted by Gasteiger charge is -2.29. The van der Waals surface area contributed by atoms with E-state index in [4.69, 9.17) is 9.57 Å². The first-order valence-corrected chi connectivity index (χ1v) is 17.2. The Morgan fingerprint density at radius 3 is 2.52 bits per heavy atom. The molecule has 6 rings (SSSR count). The Morgan fingerprint density at radius 2 is 1.73 bits per heavy atom. The Bertz CT molecular complexity index is 1540. The van der Waals surface area contributed by atoms with Gasteiger partial charge in [-0.05, 0) is 74.1 Å². The molecule has 2 saturated carbocycles. The largest absolute Gasteiger partial charge is 0.479 e. The minimum absolute atomic E-state index is 0.0531. The summed E-state index contributed by atoms with van der Waals surface area (Å²) in [4.78, 5) is 60.5. The number of carbonyl (C=O) groups excluding carboxylic acids is 3. The van der Waals surface area contributed by atoms with E-state index in [0.717, 1.165) is 61.6 Å². The van der Waals surface area contributed by atoms with Crippen LogP contribution in [0.15, 0.2) is 71.9 Å². The Hall–Kier alpha value is -4.67. The maximum atomic E-state index is 14.2. The summed E-state index contributed by atoms with van der Waals surface area (Å²) in [6.45, 7) is 0.0531. The van der Waals surface area contributed by atoms with Crippen molar-refractivity contribution in [3.05, 3.63) is 72.3 Å². The molecule has 11 nitrogen and oxygen atoms in total. The van der Waals surface area contributed by atoms with Crippen LogP contribution >= 0.6 is 0 Å². The molecule has 0 radical (unpaired) electrons. The molecule has 2 aromatic carbocycles. The zero-order chi connectivity index (χ0) is 33.5. The smallest absolute Gasteiger partial charge is 0.408 e. The van der Waals surface area contributed by atoms with Crippen molar-refractivity contribution < 1.29 is 33.9 Å². The van der Waals surface area contributed by atoms with E-state index in [1.165, 1.54) is 4.90 Å². The molecule has 1 unspecified atom stereocenters. The van der Waals surface area contributed by atoms with Crippen LogP contribution in [-0.4, -0.2) is 76.5 Å². The second-order valence-corrected chi connectivity index (χ2v) is 13.3. The summed E-state index contributed by atoms with van der Waals surface area (Å²) < 4.78 is 5.61. The monoisotopic (exact) mass is 656 g/mol. The van der Waals surface area contributed by atoms with Gasteiger partial charge >= 0.3 is 12.1 Å². The molecule has 3 amide bonds. The van der Waals surface area contributed by atoms with Gasteiger partial charge in [-0.3, -0.25) is 9.59 Å². The minimum Gasteiger partial charge on any atom is -0.479 e. The van der Waals surface area contributed by atoms with E-state index >= 15 is 0 Å². The molecule has 254 valence electrons. The molecule has 0 spiro atoms. The maximum absolute atomic E-state index is 14.2. The summed E-state index contributed by atoms with van der Waals surface area (Å²) in [5, 5.41) is 19.9. The number of ether oxygens (including phenoxy) is 1. The molecule has 11 heteroatoms. The van der Waals surface area contributed by atoms with Crippen molar-refractivity contribution in [3.63, 3.8) is 0 Å². The number of benzene rings is 2. The van der Waals surface area contributed by atoms with Gasteiger partial charge in [0.1, 0.15) is 29.8 Å². The van der Waals surface area contributed by atoms with E-state index in [9.17, 15) is 24.3 Å². The van der Waals surface area contributed by atoms with Crippen LogP contribution < -0.4 is 10.6 Å². The maximum Gasteiger partial charge on any atom is 0.408 e. The van der Waals surface area contributed by atoms with Gasteiger partial charge in [-0.25, -0.2) is 9.59 Å². The summed E-state index contributed by atoms with van der Waals surface area (Å²) in [5.74, 6) is -2.41. The first-order chi connectivity index (χ1) is 23.3. The molecule has 2 aromatic rings. The number of carboxylic acids is 1. The SMILES string of the molecule is O=C(N[C@H]1CCCCC/C=C\[C@@H]2CC2(C(=O)O)NC(=O)[C@@H]2C[C@@H](O/N=C/c3cccc(-c4ccccc4)c3)CN2C1=O)OC1CCCC1. The number of oxime groups is 1. The number of nitrogens with one attached hydrogen (secondary N) is 2. The zero-order valence-corrected chi connectivity index (χ0v) is 27.1. The Kier molecular flexibility index (Phi) is 10.4. The first kappa shape index (κ1) is 33.2. The first-order valence-electron chi connectivity index (χ1n) is 17.2. The van der Waals surface area contributed by atoms with Crippen LogP contribution in [0.4, 0.5) is 4.79 Å². The van der Waals surface area contributed by atoms with Crippen LogP contribution in [-0.2, 0) is 24.0 Å². The quantitative estimate of drug-likeness (QED) is 0.211. The fourth-order valence-electron chi connectivity index (χ4n) is 7.08. The number of aliphatic carboxylic acids is 1. The standard InChI is InChI=1S/C37H44N4O7/c42-33-32-21-30(48-38-23-25-12-11-15-27(20-25)26-13-5-4-6-14-26)24-41(32)34(43)31(39-36(46)47-29-17-9-10-18-29)19-8-3-1-2-7-16-28-22-37(28,40-33)35(44)45/h4-7,11-16,20,23,28-32H,1-3,8-10,17-19,21-22,24H2,(H,39,46)(H,40,42)(H,44,45)/b16-7-,38-23+/t28-,30-,31+,32+,37?/m1/s1. The summed E-state index contributed by atoms with van der Waals surface area (Å²) in [7, 11) is 0. The number of allylic oxidation sites excluding steroid dienone is 1. The predicted octanol–water partition coefficient (Wildman–Crippen LogP) is 5.19. The van der Waals surface area contributed by atoms with E-state index in [1.807, 2.05) is 66.7 Å². The van der Waals surface area contributed by atoms with Crippen LogP contribution in [0, 0.1) is 5.92 Å². The van der Waals surface area contributed by atoms with E-state index < -0.39 is 47.6 Å². The zero-order valence-electron chi connectivity index (χ0n) is 27.1. The fraction of sp³-hybridized carbons (Fsp3) is 0.486. The van der Waals surface area contributed by atoms with Crippen molar-refractivity contribution in [3.8, 4) is 11.1 Å². The van der Waals surface area contributed by atoms with Crippen LogP contribution in [0.5, 0.6) is 0 Å². The normalized spacial score (nSPS) is 28.8. The minimum atomic E-state index is -1.41. The topological polar surface area (TPSA) is 147 Å². The van der Waals surface area contributed by atoms with Gasteiger partial charge in [-0.1, -0.05) is 78.7 Å². The van der Waals surface area contributed by atoms with Crippen molar-refractivity contribution in [1.29, 1.82) is 0 Å². The van der Waals surface area contributed by atoms with E-state index in [-0.39, 0.29) is 31.4 Å². The second kappa shape index (κ2) is 15.0. The lowest BCUT2D eigenvalue weighted by Crippen LogP contribution is -2.56. The summed E-state index contributed by atoms with van der Waals surface area (Å²) in [5.41, 5.74) is 1.51. The summed E-state index contributed by atoms with van der Waals surface area (Å²) >= 11 is 0. The van der Waals surface area contributed by atoms with Crippen molar-refractivity contribution in [2.75, 3.05) is 6.54 Å². The van der Waals surface area contributed by atoms with Crippen molar-refractivity contribution >= 4 is 30.1 Å². The third-order valence-electron chi connectivity index (χ3n) is 9.89. The highest BCUT2D eigenvalue weighted by Crippen LogP contribution is 2.45. The van der Waals surface area contributed by atoms with Crippen LogP contribution in [0.25, 0.3) is 11.1 Å². The van der Waals surface area contributed by atoms with Crippen LogP contribution in [0.3, 0.4) is 0 Å². The third kappa shape index (κ3) is 7.89. The van der Waals surface area contributed by atoms with E-state index in [2.05, 4.69) is 15.8 Å². The molecule has 2 aliphatic heterocycles. The van der Waals surface area contributed by atoms with Crippen LogP contribution in [0.1, 0.15) is 76.2 Å². The average molecular weight is 657 g/mol. The fourth-order valence-corrected chi connectivity index (χ4v) is 7.08. The molecule has 0 bridgehead atoms. The Labute approximate surface area is 280 Å². The van der Waals surface area contributed by atoms with Gasteiger partial charge in [0, 0.05) is 12.3 Å². The molecular weight excluding hydrogens is 612 g/mol. The average Bonchev–Trinajstić information content (AvgIpc) is 3.37. The molecule has 2 heterocycles. The van der Waals surface area contributed by atoms with Crippen molar-refractivity contribution in [2.24, 2.45) is 11.1 Å². The number of hydrogen-bond acceptors (Lipinski definition) is 7. The number of carbonyl (C=O) groups is 4. The molecule has 48 heavy (non-hydrogen) atoms. The number of alkyl carbamates (subject to hydrolysis) is 1. The number of amides is 3. The van der Waals surface area contributed by atoms with Gasteiger partial charge in [0.15, 0.2) is 0 Å². The molecule has 5 atom stereocenters. The molecule has 0 aromatic heterocycles. The van der Waals surface area contributed by atoms with Gasteiger partial charge in [-0.2, -0.15) is 0 Å². The van der Waals surface area contributed by atoms with Gasteiger partial charge < -0.3 is 30.2 Å². The highest BCUT2D eigenvalue weighted by Gasteiger charge is 2.61. The number of rotatable bonds is 7. The van der Waals surface area contributed by atoms with Crippen molar-refractivity contribution in [1.82, 2.24) is 15.5 Å². The second-order valence-electron chi connectivity index (χ2n) is 13.3. The molecule has 3 fully saturated rings. The molecular formula is C37H44N4O7. The van der Waals surface area contributed by atoms with Gasteiger partial charge in [0.25, 0.3) is 0 Å². The predicted molar refractivity (Wildman–Crippen MR) is 179 cm³/mol. The molecule has 1 saturated heterocycles. The summed E-state index contributed by atoms with van der Waals surface area (Å²) in [6.07, 6.45) is 11.5. The van der Waals surface area contributed by atoms with E-state index in [0.29, 0.717) is 12.8 Å². The molecule has 2 aliphatic carbocycles. The molecule has 4 aliphatic rings. The number of nitrogens with zero attached hydrogens (tertiary/aromatic N) is 2. The lowest BCUT2D eigenvalue weighted by atomic mass is 10.0. The van der Waals surface area contributed by atoms with Crippen molar-refractivity contribution in [2.45, 2.75) is 100 Å². The number of hydrogen-bond donors (Lipinski definition) is 3. The number of fused-ring (bicyclic) bond motifs is 2. The van der Waals surface area contributed by atoms with Crippen LogP contribution in [0.2, 0.25) is 0 Å². The summed E-state index contributed by atoms with van der Waals surface area (Å²) in [6, 6.07) is 15.9. The van der Waals surface area contributed by atoms with Gasteiger partial charge in [-0.15, -0.1) is 0 Å². The molecule has 3 N–H and O–H groups in total. The highest BCUT2D eigenvalue weighted by atomic mass is 16.6. The third-order valence-corrected chi connectivity index (χ3v) is 9.89. The lowest BCUT2D eigenvalue weighted by molar-refractivity contribution is -0.145. The Morgan fingerprint density at radius 1 is 0.958 bits per heavy atom.